The van der Waals surface area contributed by atoms with Gasteiger partial charge in [0.05, 0.1) is 4.90 Å². The monoisotopic (exact) mass is 324 g/mol. The Balaban J connectivity index is 2.10. The Morgan fingerprint density at radius 2 is 1.35 bits per heavy atom. The molecule has 0 spiro atoms. The van der Waals surface area contributed by atoms with Crippen LogP contribution in [0.1, 0.15) is 11.1 Å². The number of benzene rings is 3. The Hall–Kier alpha value is -2.43. The van der Waals surface area contributed by atoms with Gasteiger partial charge in [0, 0.05) is 0 Å². The van der Waals surface area contributed by atoms with Gasteiger partial charge in [0.25, 0.3) is 10.1 Å². The van der Waals surface area contributed by atoms with Gasteiger partial charge in [-0.15, -0.1) is 0 Å². The summed E-state index contributed by atoms with van der Waals surface area (Å²) in [5, 5.41) is 0. The fraction of sp³-hybridized carbons (Fsp3) is 0.0526. The van der Waals surface area contributed by atoms with E-state index >= 15 is 0 Å². The summed E-state index contributed by atoms with van der Waals surface area (Å²) in [5.41, 5.74) is 3.50. The van der Waals surface area contributed by atoms with Gasteiger partial charge in [-0.25, -0.2) is 0 Å². The topological polar surface area (TPSA) is 54.4 Å². The van der Waals surface area contributed by atoms with Crippen LogP contribution in [0.4, 0.5) is 0 Å². The van der Waals surface area contributed by atoms with Gasteiger partial charge in [-0.2, -0.15) is 8.42 Å². The van der Waals surface area contributed by atoms with E-state index in [1.807, 2.05) is 66.7 Å². The predicted molar refractivity (Wildman–Crippen MR) is 90.9 cm³/mol. The lowest BCUT2D eigenvalue weighted by molar-refractivity contribution is 0.482. The second kappa shape index (κ2) is 6.36. The Kier molecular flexibility index (Phi) is 4.28. The molecule has 0 saturated carbocycles. The van der Waals surface area contributed by atoms with E-state index in [0.29, 0.717) is 12.0 Å². The minimum absolute atomic E-state index is 0.0407. The van der Waals surface area contributed by atoms with E-state index in [1.165, 1.54) is 6.07 Å². The Morgan fingerprint density at radius 1 is 0.739 bits per heavy atom. The molecule has 0 amide bonds. The van der Waals surface area contributed by atoms with E-state index in [9.17, 15) is 13.0 Å². The molecule has 3 aromatic carbocycles. The van der Waals surface area contributed by atoms with Crippen molar-refractivity contribution in [2.45, 2.75) is 11.3 Å². The van der Waals surface area contributed by atoms with Crippen LogP contribution in [0.2, 0.25) is 0 Å². The molecule has 0 aliphatic heterocycles. The third kappa shape index (κ3) is 3.67. The molecule has 0 radical (unpaired) electrons. The zero-order valence-electron chi connectivity index (χ0n) is 12.4. The van der Waals surface area contributed by atoms with E-state index in [2.05, 4.69) is 0 Å². The Bertz CT molecular complexity index is 902. The first kappa shape index (κ1) is 15.5. The van der Waals surface area contributed by atoms with Crippen LogP contribution in [0.3, 0.4) is 0 Å². The standard InChI is InChI=1S/C19H16O3S/c20-23(21,22)19-12-11-17(16-9-5-2-6-10-16)14-18(19)13-15-7-3-1-4-8-15/h1-12,14H,13H2,(H,20,21,22). The molecule has 0 aliphatic carbocycles. The fourth-order valence-electron chi connectivity index (χ4n) is 2.60. The van der Waals surface area contributed by atoms with Crippen molar-refractivity contribution in [2.75, 3.05) is 0 Å². The molecule has 3 nitrogen and oxygen atoms in total. The molecule has 0 heterocycles. The molecule has 4 heteroatoms. The highest BCUT2D eigenvalue weighted by Crippen LogP contribution is 2.26. The van der Waals surface area contributed by atoms with Crippen molar-refractivity contribution in [3.63, 3.8) is 0 Å². The summed E-state index contributed by atoms with van der Waals surface area (Å²) in [5.74, 6) is 0. The number of hydrogen-bond acceptors (Lipinski definition) is 2. The van der Waals surface area contributed by atoms with Crippen molar-refractivity contribution in [3.8, 4) is 11.1 Å². The maximum absolute atomic E-state index is 11.6. The molecule has 0 aromatic heterocycles. The second-order valence-electron chi connectivity index (χ2n) is 5.33. The van der Waals surface area contributed by atoms with Crippen LogP contribution in [0.5, 0.6) is 0 Å². The van der Waals surface area contributed by atoms with Crippen molar-refractivity contribution in [1.82, 2.24) is 0 Å². The molecule has 0 fully saturated rings. The molecule has 3 aromatic rings. The lowest BCUT2D eigenvalue weighted by Gasteiger charge is -2.10. The SMILES string of the molecule is O=S(=O)(O)c1ccc(-c2ccccc2)cc1Cc1ccccc1. The minimum Gasteiger partial charge on any atom is -0.282 e. The van der Waals surface area contributed by atoms with E-state index < -0.39 is 10.1 Å². The van der Waals surface area contributed by atoms with Gasteiger partial charge in [0.15, 0.2) is 0 Å². The zero-order valence-corrected chi connectivity index (χ0v) is 13.2. The van der Waals surface area contributed by atoms with Gasteiger partial charge in [-0.05, 0) is 40.8 Å². The number of rotatable bonds is 4. The molecule has 23 heavy (non-hydrogen) atoms. The summed E-state index contributed by atoms with van der Waals surface area (Å²) in [7, 11) is -4.25. The molecule has 0 saturated heterocycles. The summed E-state index contributed by atoms with van der Waals surface area (Å²) in [6, 6.07) is 24.3. The number of hydrogen-bond donors (Lipinski definition) is 1. The fourth-order valence-corrected chi connectivity index (χ4v) is 3.30. The first-order chi connectivity index (χ1) is 11.0. The molecule has 0 aliphatic rings. The lowest BCUT2D eigenvalue weighted by Crippen LogP contribution is -2.04. The first-order valence-corrected chi connectivity index (χ1v) is 8.68. The van der Waals surface area contributed by atoms with Gasteiger partial charge in [0.2, 0.25) is 0 Å². The highest BCUT2D eigenvalue weighted by Gasteiger charge is 2.16. The third-order valence-electron chi connectivity index (χ3n) is 3.68. The van der Waals surface area contributed by atoms with Gasteiger partial charge >= 0.3 is 0 Å². The van der Waals surface area contributed by atoms with Crippen molar-refractivity contribution in [3.05, 3.63) is 90.0 Å². The van der Waals surface area contributed by atoms with E-state index in [-0.39, 0.29) is 4.90 Å². The van der Waals surface area contributed by atoms with Gasteiger partial charge in [0.1, 0.15) is 0 Å². The normalized spacial score (nSPS) is 11.3. The van der Waals surface area contributed by atoms with Crippen LogP contribution in [-0.4, -0.2) is 13.0 Å². The predicted octanol–water partition coefficient (Wildman–Crippen LogP) is 4.19. The van der Waals surface area contributed by atoms with Crippen LogP contribution < -0.4 is 0 Å². The average Bonchev–Trinajstić information content (AvgIpc) is 2.55. The maximum atomic E-state index is 11.6. The summed E-state index contributed by atoms with van der Waals surface area (Å²) < 4.78 is 32.8. The zero-order chi connectivity index (χ0) is 16.3. The first-order valence-electron chi connectivity index (χ1n) is 7.24. The summed E-state index contributed by atoms with van der Waals surface area (Å²) in [6.45, 7) is 0. The molecule has 0 bridgehead atoms. The van der Waals surface area contributed by atoms with E-state index in [0.717, 1.165) is 16.7 Å². The summed E-state index contributed by atoms with van der Waals surface area (Å²) >= 11 is 0. The molecule has 0 unspecified atom stereocenters. The molecule has 1 N–H and O–H groups in total. The van der Waals surface area contributed by atoms with Crippen molar-refractivity contribution >= 4 is 10.1 Å². The molecular weight excluding hydrogens is 308 g/mol. The lowest BCUT2D eigenvalue weighted by atomic mass is 9.99. The van der Waals surface area contributed by atoms with E-state index in [4.69, 9.17) is 0 Å². The quantitative estimate of drug-likeness (QED) is 0.732. The van der Waals surface area contributed by atoms with Crippen molar-refractivity contribution in [1.29, 1.82) is 0 Å². The van der Waals surface area contributed by atoms with Crippen LogP contribution in [0.25, 0.3) is 11.1 Å². The van der Waals surface area contributed by atoms with Crippen LogP contribution in [0.15, 0.2) is 83.8 Å². The smallest absolute Gasteiger partial charge is 0.282 e. The van der Waals surface area contributed by atoms with E-state index in [1.54, 1.807) is 6.07 Å². The van der Waals surface area contributed by atoms with Crippen LogP contribution in [-0.2, 0) is 16.5 Å². The van der Waals surface area contributed by atoms with Crippen LogP contribution in [0, 0.1) is 0 Å². The Labute approximate surface area is 136 Å². The maximum Gasteiger partial charge on any atom is 0.294 e. The van der Waals surface area contributed by atoms with Crippen LogP contribution >= 0.6 is 0 Å². The highest BCUT2D eigenvalue weighted by atomic mass is 32.2. The Morgan fingerprint density at radius 3 is 1.96 bits per heavy atom. The van der Waals surface area contributed by atoms with Gasteiger partial charge < -0.3 is 0 Å². The summed E-state index contributed by atoms with van der Waals surface area (Å²) in [6.07, 6.45) is 0.441. The largest absolute Gasteiger partial charge is 0.294 e. The highest BCUT2D eigenvalue weighted by molar-refractivity contribution is 7.85. The van der Waals surface area contributed by atoms with Crippen molar-refractivity contribution < 1.29 is 13.0 Å². The average molecular weight is 324 g/mol. The van der Waals surface area contributed by atoms with Gasteiger partial charge in [-0.3, -0.25) is 4.55 Å². The van der Waals surface area contributed by atoms with Gasteiger partial charge in [-0.1, -0.05) is 66.7 Å². The third-order valence-corrected chi connectivity index (χ3v) is 4.64. The molecule has 3 rings (SSSR count). The second-order valence-corrected chi connectivity index (χ2v) is 6.72. The molecular formula is C19H16O3S. The molecule has 116 valence electrons. The molecule has 0 atom stereocenters. The van der Waals surface area contributed by atoms with Crippen molar-refractivity contribution in [2.24, 2.45) is 0 Å². The summed E-state index contributed by atoms with van der Waals surface area (Å²) in [4.78, 5) is -0.0407. The minimum atomic E-state index is -4.25.